The molecule has 0 N–H and O–H groups in total. The molecule has 102 valence electrons. The summed E-state index contributed by atoms with van der Waals surface area (Å²) < 4.78 is 1.89. The summed E-state index contributed by atoms with van der Waals surface area (Å²) in [6, 6.07) is 6.08. The third-order valence-corrected chi connectivity index (χ3v) is 4.23. The van der Waals surface area contributed by atoms with Gasteiger partial charge in [0.2, 0.25) is 0 Å². The number of imidazole rings is 1. The van der Waals surface area contributed by atoms with Crippen molar-refractivity contribution >= 4 is 17.0 Å². The standard InChI is InChI=1S/C16H12N4S/c1-11-2-5-17-8-14(11)13-3-6-19-20-15(9-18-16(13)20)12-4-7-21-10-12/h2-10H,1H3. The summed E-state index contributed by atoms with van der Waals surface area (Å²) in [5, 5.41) is 8.62. The molecule has 4 rings (SSSR count). The van der Waals surface area contributed by atoms with Crippen LogP contribution in [0.15, 0.2) is 53.7 Å². The van der Waals surface area contributed by atoms with Gasteiger partial charge in [0.15, 0.2) is 5.65 Å². The van der Waals surface area contributed by atoms with Crippen molar-refractivity contribution in [2.75, 3.05) is 0 Å². The van der Waals surface area contributed by atoms with E-state index in [1.54, 1.807) is 17.5 Å². The Labute approximate surface area is 125 Å². The number of hydrogen-bond acceptors (Lipinski definition) is 4. The highest BCUT2D eigenvalue weighted by Gasteiger charge is 2.13. The molecule has 0 aliphatic rings. The molecule has 0 spiro atoms. The average molecular weight is 292 g/mol. The van der Waals surface area contributed by atoms with Gasteiger partial charge in [-0.25, -0.2) is 9.50 Å². The van der Waals surface area contributed by atoms with Crippen molar-refractivity contribution in [2.24, 2.45) is 0 Å². The van der Waals surface area contributed by atoms with Crippen LogP contribution in [0.25, 0.3) is 28.0 Å². The summed E-state index contributed by atoms with van der Waals surface area (Å²) in [6.45, 7) is 2.08. The van der Waals surface area contributed by atoms with Gasteiger partial charge < -0.3 is 0 Å². The Balaban J connectivity index is 1.99. The maximum absolute atomic E-state index is 4.57. The second kappa shape index (κ2) is 4.79. The SMILES string of the molecule is Cc1ccncc1-c1ccnn2c(-c3ccsc3)cnc12. The van der Waals surface area contributed by atoms with Crippen LogP contribution >= 0.6 is 11.3 Å². The summed E-state index contributed by atoms with van der Waals surface area (Å²) >= 11 is 1.67. The van der Waals surface area contributed by atoms with Gasteiger partial charge in [0, 0.05) is 40.7 Å². The zero-order chi connectivity index (χ0) is 14.2. The average Bonchev–Trinajstić information content (AvgIpc) is 3.16. The van der Waals surface area contributed by atoms with E-state index in [1.165, 1.54) is 5.56 Å². The molecule has 5 heteroatoms. The fourth-order valence-electron chi connectivity index (χ4n) is 2.46. The number of aryl methyl sites for hydroxylation is 1. The van der Waals surface area contributed by atoms with Crippen LogP contribution < -0.4 is 0 Å². The quantitative estimate of drug-likeness (QED) is 0.564. The monoisotopic (exact) mass is 292 g/mol. The van der Waals surface area contributed by atoms with Gasteiger partial charge in [-0.15, -0.1) is 0 Å². The van der Waals surface area contributed by atoms with Crippen LogP contribution in [-0.4, -0.2) is 19.6 Å². The van der Waals surface area contributed by atoms with Crippen LogP contribution in [0, 0.1) is 6.92 Å². The van der Waals surface area contributed by atoms with Crippen LogP contribution in [-0.2, 0) is 0 Å². The van der Waals surface area contributed by atoms with Crippen LogP contribution in [0.4, 0.5) is 0 Å². The van der Waals surface area contributed by atoms with Gasteiger partial charge >= 0.3 is 0 Å². The molecule has 4 heterocycles. The number of rotatable bonds is 2. The largest absolute Gasteiger partial charge is 0.264 e. The number of fused-ring (bicyclic) bond motifs is 1. The van der Waals surface area contributed by atoms with Gasteiger partial charge in [-0.3, -0.25) is 4.98 Å². The van der Waals surface area contributed by atoms with Crippen molar-refractivity contribution in [3.63, 3.8) is 0 Å². The van der Waals surface area contributed by atoms with E-state index in [0.29, 0.717) is 0 Å². The van der Waals surface area contributed by atoms with E-state index < -0.39 is 0 Å². The van der Waals surface area contributed by atoms with Crippen LogP contribution in [0.3, 0.4) is 0 Å². The molecule has 4 nitrogen and oxygen atoms in total. The van der Waals surface area contributed by atoms with E-state index in [4.69, 9.17) is 0 Å². The lowest BCUT2D eigenvalue weighted by Gasteiger charge is -2.06. The first-order valence-electron chi connectivity index (χ1n) is 6.61. The number of hydrogen-bond donors (Lipinski definition) is 0. The highest BCUT2D eigenvalue weighted by molar-refractivity contribution is 7.08. The summed E-state index contributed by atoms with van der Waals surface area (Å²) in [5.41, 5.74) is 6.33. The van der Waals surface area contributed by atoms with Crippen molar-refractivity contribution in [3.8, 4) is 22.4 Å². The highest BCUT2D eigenvalue weighted by atomic mass is 32.1. The molecule has 0 saturated carbocycles. The molecule has 4 aromatic heterocycles. The number of pyridine rings is 1. The number of thiophene rings is 1. The van der Waals surface area contributed by atoms with Crippen molar-refractivity contribution in [1.29, 1.82) is 0 Å². The molecular formula is C16H12N4S. The van der Waals surface area contributed by atoms with Crippen molar-refractivity contribution < 1.29 is 0 Å². The minimum absolute atomic E-state index is 0.856. The Morgan fingerprint density at radius 3 is 2.81 bits per heavy atom. The van der Waals surface area contributed by atoms with Crippen molar-refractivity contribution in [1.82, 2.24) is 19.6 Å². The first kappa shape index (κ1) is 12.2. The Kier molecular flexibility index (Phi) is 2.79. The summed E-state index contributed by atoms with van der Waals surface area (Å²) in [5.74, 6) is 0. The minimum atomic E-state index is 0.856. The molecule has 0 bridgehead atoms. The molecule has 0 aliphatic heterocycles. The third kappa shape index (κ3) is 1.94. The van der Waals surface area contributed by atoms with Crippen molar-refractivity contribution in [2.45, 2.75) is 6.92 Å². The zero-order valence-corrected chi connectivity index (χ0v) is 12.2. The van der Waals surface area contributed by atoms with E-state index in [-0.39, 0.29) is 0 Å². The first-order chi connectivity index (χ1) is 10.3. The Bertz CT molecular complexity index is 909. The van der Waals surface area contributed by atoms with Crippen molar-refractivity contribution in [3.05, 3.63) is 59.3 Å². The topological polar surface area (TPSA) is 43.1 Å². The molecule has 0 aromatic carbocycles. The first-order valence-corrected chi connectivity index (χ1v) is 7.55. The summed E-state index contributed by atoms with van der Waals surface area (Å²) in [7, 11) is 0. The second-order valence-corrected chi connectivity index (χ2v) is 5.61. The lowest BCUT2D eigenvalue weighted by molar-refractivity contribution is 0.944. The predicted molar refractivity (Wildman–Crippen MR) is 84.3 cm³/mol. The molecule has 21 heavy (non-hydrogen) atoms. The Morgan fingerprint density at radius 1 is 1.05 bits per heavy atom. The van der Waals surface area contributed by atoms with E-state index in [1.807, 2.05) is 35.2 Å². The highest BCUT2D eigenvalue weighted by Crippen LogP contribution is 2.29. The lowest BCUT2D eigenvalue weighted by Crippen LogP contribution is -1.96. The zero-order valence-electron chi connectivity index (χ0n) is 11.4. The molecule has 0 radical (unpaired) electrons. The molecule has 0 unspecified atom stereocenters. The Hall–Kier alpha value is -2.53. The van der Waals surface area contributed by atoms with Crippen LogP contribution in [0.5, 0.6) is 0 Å². The molecular weight excluding hydrogens is 280 g/mol. The van der Waals surface area contributed by atoms with Gasteiger partial charge in [0.25, 0.3) is 0 Å². The smallest absolute Gasteiger partial charge is 0.162 e. The molecule has 0 saturated heterocycles. The molecule has 4 aromatic rings. The Morgan fingerprint density at radius 2 is 2.00 bits per heavy atom. The maximum Gasteiger partial charge on any atom is 0.162 e. The summed E-state index contributed by atoms with van der Waals surface area (Å²) in [6.07, 6.45) is 7.37. The summed E-state index contributed by atoms with van der Waals surface area (Å²) in [4.78, 5) is 8.80. The molecule has 0 fully saturated rings. The predicted octanol–water partition coefficient (Wildman–Crippen LogP) is 3.83. The molecule has 0 atom stereocenters. The third-order valence-electron chi connectivity index (χ3n) is 3.55. The molecule has 0 amide bonds. The van der Waals surface area contributed by atoms with Gasteiger partial charge in [-0.05, 0) is 36.1 Å². The van der Waals surface area contributed by atoms with E-state index in [2.05, 4.69) is 38.8 Å². The normalized spacial score (nSPS) is 11.1. The maximum atomic E-state index is 4.57. The van der Waals surface area contributed by atoms with E-state index >= 15 is 0 Å². The van der Waals surface area contributed by atoms with Crippen LogP contribution in [0.1, 0.15) is 5.56 Å². The van der Waals surface area contributed by atoms with E-state index in [9.17, 15) is 0 Å². The van der Waals surface area contributed by atoms with E-state index in [0.717, 1.165) is 28.0 Å². The van der Waals surface area contributed by atoms with Crippen LogP contribution in [0.2, 0.25) is 0 Å². The lowest BCUT2D eigenvalue weighted by atomic mass is 10.1. The van der Waals surface area contributed by atoms with Gasteiger partial charge in [0.1, 0.15) is 0 Å². The van der Waals surface area contributed by atoms with Gasteiger partial charge in [-0.2, -0.15) is 16.4 Å². The van der Waals surface area contributed by atoms with Gasteiger partial charge in [0.05, 0.1) is 11.9 Å². The number of aromatic nitrogens is 4. The number of nitrogens with zero attached hydrogens (tertiary/aromatic N) is 4. The molecule has 0 aliphatic carbocycles. The second-order valence-electron chi connectivity index (χ2n) is 4.83. The van der Waals surface area contributed by atoms with Gasteiger partial charge in [-0.1, -0.05) is 0 Å². The fraction of sp³-hybridized carbons (Fsp3) is 0.0625. The fourth-order valence-corrected chi connectivity index (χ4v) is 3.11. The minimum Gasteiger partial charge on any atom is -0.264 e.